The van der Waals surface area contributed by atoms with Crippen LogP contribution in [-0.2, 0) is 4.18 Å². The molecule has 0 aromatic heterocycles. The third-order valence-electron chi connectivity index (χ3n) is 4.52. The third kappa shape index (κ3) is 3.80. The van der Waals surface area contributed by atoms with Crippen LogP contribution in [0.1, 0.15) is 5.56 Å². The fraction of sp³-hybridized carbons (Fsp3) is 0. The maximum atomic E-state index is 13.4. The van der Waals surface area contributed by atoms with Gasteiger partial charge in [0, 0.05) is 0 Å². The molecule has 4 aromatic carbocycles. The molecule has 0 bridgehead atoms. The molecule has 0 spiro atoms. The van der Waals surface area contributed by atoms with Crippen molar-refractivity contribution in [2.24, 2.45) is 0 Å². The summed E-state index contributed by atoms with van der Waals surface area (Å²) in [5.74, 6) is -0.606. The maximum absolute atomic E-state index is 13.4. The summed E-state index contributed by atoms with van der Waals surface area (Å²) in [6, 6.07) is 35.3. The minimum atomic E-state index is -2.27. The molecular weight excluding hydrogens is 383 g/mol. The molecular formula is C25H20FO2S+. The van der Waals surface area contributed by atoms with Crippen molar-refractivity contribution in [1.29, 1.82) is 0 Å². The molecule has 4 heteroatoms. The Morgan fingerprint density at radius 1 is 0.586 bits per heavy atom. The van der Waals surface area contributed by atoms with Gasteiger partial charge >= 0.3 is 5.97 Å². The van der Waals surface area contributed by atoms with E-state index < -0.39 is 10.3 Å². The number of carbonyl (C=O) groups excluding carboxylic acids is 1. The van der Waals surface area contributed by atoms with Crippen LogP contribution in [0.25, 0.3) is 0 Å². The predicted molar refractivity (Wildman–Crippen MR) is 115 cm³/mol. The van der Waals surface area contributed by atoms with Gasteiger partial charge in [0.2, 0.25) is 0 Å². The summed E-state index contributed by atoms with van der Waals surface area (Å²) in [5, 5.41) is 0. The number of hydrogen-bond acceptors (Lipinski definition) is 1. The first kappa shape index (κ1) is 19.0. The first-order chi connectivity index (χ1) is 14.2. The Hall–Kier alpha value is -3.37. The van der Waals surface area contributed by atoms with Gasteiger partial charge in [-0.3, -0.25) is 0 Å². The molecule has 144 valence electrons. The normalized spacial score (nSPS) is 11.6. The monoisotopic (exact) mass is 403 g/mol. The van der Waals surface area contributed by atoms with Gasteiger partial charge in [-0.1, -0.05) is 54.6 Å². The second-order valence-electron chi connectivity index (χ2n) is 6.39. The smallest absolute Gasteiger partial charge is 0.334 e. The van der Waals surface area contributed by atoms with Crippen molar-refractivity contribution >= 4 is 16.3 Å². The van der Waals surface area contributed by atoms with Gasteiger partial charge in [0.05, 0.1) is 25.0 Å². The van der Waals surface area contributed by atoms with E-state index in [1.807, 2.05) is 91.0 Å². The Balaban J connectivity index is 1.92. The van der Waals surface area contributed by atoms with Crippen molar-refractivity contribution in [2.75, 3.05) is 0 Å². The third-order valence-corrected chi connectivity index (χ3v) is 7.74. The lowest BCUT2D eigenvalue weighted by atomic mass is 10.2. The van der Waals surface area contributed by atoms with Gasteiger partial charge in [0.25, 0.3) is 0 Å². The van der Waals surface area contributed by atoms with Gasteiger partial charge in [0.15, 0.2) is 0 Å². The Morgan fingerprint density at radius 2 is 0.966 bits per heavy atom. The molecule has 1 N–H and O–H groups in total. The second kappa shape index (κ2) is 8.33. The lowest BCUT2D eigenvalue weighted by molar-refractivity contribution is 0.504. The highest BCUT2D eigenvalue weighted by atomic mass is 32.3. The number of hydrogen-bond donors (Lipinski definition) is 0. The first-order valence-corrected chi connectivity index (χ1v) is 10.8. The summed E-state index contributed by atoms with van der Waals surface area (Å²) in [7, 11) is -2.27. The average Bonchev–Trinajstić information content (AvgIpc) is 2.79. The van der Waals surface area contributed by atoms with E-state index >= 15 is 0 Å². The lowest BCUT2D eigenvalue weighted by Gasteiger charge is -2.33. The van der Waals surface area contributed by atoms with Crippen molar-refractivity contribution in [1.82, 2.24) is 0 Å². The highest BCUT2D eigenvalue weighted by Crippen LogP contribution is 2.69. The van der Waals surface area contributed by atoms with Crippen LogP contribution in [0, 0.1) is 5.82 Å². The van der Waals surface area contributed by atoms with Crippen LogP contribution in [0.15, 0.2) is 130 Å². The van der Waals surface area contributed by atoms with Crippen molar-refractivity contribution in [3.05, 3.63) is 127 Å². The molecule has 0 amide bonds. The van der Waals surface area contributed by atoms with Crippen molar-refractivity contribution in [2.45, 2.75) is 14.7 Å². The fourth-order valence-corrected chi connectivity index (χ4v) is 6.21. The number of halogens is 1. The van der Waals surface area contributed by atoms with Crippen LogP contribution in [0.5, 0.6) is 0 Å². The van der Waals surface area contributed by atoms with Crippen molar-refractivity contribution in [3.63, 3.8) is 0 Å². The van der Waals surface area contributed by atoms with Gasteiger partial charge in [-0.15, -0.1) is 0 Å². The highest BCUT2D eigenvalue weighted by molar-refractivity contribution is 8.30. The summed E-state index contributed by atoms with van der Waals surface area (Å²) >= 11 is 0. The zero-order valence-corrected chi connectivity index (χ0v) is 16.4. The summed E-state index contributed by atoms with van der Waals surface area (Å²) in [6.45, 7) is 0. The number of benzene rings is 4. The lowest BCUT2D eigenvalue weighted by Crippen LogP contribution is -2.14. The minimum Gasteiger partial charge on any atom is -0.334 e. The molecule has 0 saturated heterocycles. The van der Waals surface area contributed by atoms with Crippen molar-refractivity contribution in [3.8, 4) is 0 Å². The Labute approximate surface area is 171 Å². The van der Waals surface area contributed by atoms with Crippen LogP contribution < -0.4 is 0 Å². The Morgan fingerprint density at radius 3 is 1.34 bits per heavy atom. The fourth-order valence-electron chi connectivity index (χ4n) is 3.15. The number of rotatable bonds is 5. The average molecular weight is 403 g/mol. The standard InChI is InChI=1S/C25H19FO2S/c26-21-18-16-20(17-19-21)25(27)28-29(22-10-4-1-5-11-22,23-12-6-2-7-13-23)24-14-8-3-9-15-24/h1-19H/p+1. The van der Waals surface area contributed by atoms with Gasteiger partial charge in [-0.05, 0) is 60.7 Å². The van der Waals surface area contributed by atoms with Crippen LogP contribution in [-0.4, -0.2) is 10.8 Å². The molecule has 29 heavy (non-hydrogen) atoms. The molecule has 0 aliphatic carbocycles. The molecule has 0 atom stereocenters. The van der Waals surface area contributed by atoms with Crippen molar-refractivity contribution < 1.29 is 13.4 Å². The second-order valence-corrected chi connectivity index (χ2v) is 9.08. The van der Waals surface area contributed by atoms with E-state index in [0.29, 0.717) is 5.56 Å². The van der Waals surface area contributed by atoms with Gasteiger partial charge < -0.3 is 4.79 Å². The SMILES string of the molecule is [OH+]=C(OS(c1ccccc1)(c1ccccc1)c1ccccc1)c1ccc(F)cc1. The Kier molecular flexibility index (Phi) is 5.45. The van der Waals surface area contributed by atoms with E-state index in [9.17, 15) is 9.18 Å². The largest absolute Gasteiger partial charge is 0.531 e. The Bertz CT molecular complexity index is 985. The summed E-state index contributed by atoms with van der Waals surface area (Å²) in [5.41, 5.74) is 0.422. The van der Waals surface area contributed by atoms with Crippen LogP contribution in [0.2, 0.25) is 0 Å². The summed E-state index contributed by atoms with van der Waals surface area (Å²) in [6.07, 6.45) is 0. The molecule has 4 rings (SSSR count). The van der Waals surface area contributed by atoms with E-state index in [-0.39, 0.29) is 11.8 Å². The van der Waals surface area contributed by atoms with Gasteiger partial charge in [-0.2, -0.15) is 0 Å². The van der Waals surface area contributed by atoms with E-state index in [0.717, 1.165) is 14.7 Å². The summed E-state index contributed by atoms with van der Waals surface area (Å²) < 4.78 is 19.8. The molecule has 2 nitrogen and oxygen atoms in total. The predicted octanol–water partition coefficient (Wildman–Crippen LogP) is 6.59. The topological polar surface area (TPSA) is 30.6 Å². The van der Waals surface area contributed by atoms with Crippen LogP contribution in [0.3, 0.4) is 0 Å². The zero-order valence-electron chi connectivity index (χ0n) is 15.6. The molecule has 0 fully saturated rings. The molecule has 0 heterocycles. The first-order valence-electron chi connectivity index (χ1n) is 9.20. The molecule has 0 aliphatic heterocycles. The molecule has 0 unspecified atom stereocenters. The quantitative estimate of drug-likeness (QED) is 0.346. The molecule has 0 radical (unpaired) electrons. The molecule has 0 aliphatic rings. The summed E-state index contributed by atoms with van der Waals surface area (Å²) in [4.78, 5) is 13.8. The molecule has 4 aromatic rings. The highest BCUT2D eigenvalue weighted by Gasteiger charge is 2.42. The van der Waals surface area contributed by atoms with Gasteiger partial charge in [0.1, 0.15) is 11.4 Å². The maximum Gasteiger partial charge on any atom is 0.531 e. The van der Waals surface area contributed by atoms with E-state index in [2.05, 4.69) is 0 Å². The van der Waals surface area contributed by atoms with Crippen LogP contribution >= 0.6 is 10.3 Å². The molecule has 0 saturated carbocycles. The van der Waals surface area contributed by atoms with E-state index in [1.54, 1.807) is 0 Å². The van der Waals surface area contributed by atoms with E-state index in [4.69, 9.17) is 4.18 Å². The van der Waals surface area contributed by atoms with Crippen LogP contribution in [0.4, 0.5) is 4.39 Å². The minimum absolute atomic E-state index is 0.239. The zero-order chi connectivity index (χ0) is 20.1. The van der Waals surface area contributed by atoms with E-state index in [1.165, 1.54) is 24.3 Å². The van der Waals surface area contributed by atoms with Gasteiger partial charge in [-0.25, -0.2) is 8.57 Å².